The lowest BCUT2D eigenvalue weighted by Crippen LogP contribution is -2.54. The Morgan fingerprint density at radius 3 is 1.09 bits per heavy atom. The van der Waals surface area contributed by atoms with Gasteiger partial charge in [0, 0.05) is 150 Å². The van der Waals surface area contributed by atoms with E-state index in [9.17, 15) is 71.9 Å². The second-order valence-electron chi connectivity index (χ2n) is 39.3. The number of carbonyl (C=O) groups is 15. The van der Waals surface area contributed by atoms with Crippen LogP contribution in [0.15, 0.2) is 97.6 Å². The molecule has 0 radical (unpaired) electrons. The van der Waals surface area contributed by atoms with Crippen LogP contribution < -0.4 is 37.6 Å². The molecule has 35 nitrogen and oxygen atoms in total. The highest BCUT2D eigenvalue weighted by atomic mass is 35.5. The molecule has 11 N–H and O–H groups in total. The summed E-state index contributed by atoms with van der Waals surface area (Å²) >= 11 is 49.3. The van der Waals surface area contributed by atoms with Crippen molar-refractivity contribution >= 4 is 206 Å². The fourth-order valence-corrected chi connectivity index (χ4v) is 19.5. The number of benzene rings is 4. The highest BCUT2D eigenvalue weighted by Gasteiger charge is 2.37. The lowest BCUT2D eigenvalue weighted by Gasteiger charge is -2.35. The summed E-state index contributed by atoms with van der Waals surface area (Å²) in [5.74, 6) is -3.49. The van der Waals surface area contributed by atoms with Crippen molar-refractivity contribution in [1.29, 1.82) is 0 Å². The second-order valence-corrected chi connectivity index (χ2v) is 42.5. The zero-order valence-corrected chi connectivity index (χ0v) is 93.9. The standard InChI is InChI=1S/C34H48Cl2N4O5.C25H31Cl2N5O4.C24H30Cl2N6O4.C22H26Cl2N4O3.2ClH/c1-5-6-7-8-9-10-11-12-13-17-29(42)40-23-24(22-28(41)30-26(35)15-14-16-27(30)36)31(38-40)32(43)37-25-18-20-39(21-19-25)33(44)45-34(2,3)4;1-4-20(34)30-22(14(2)3)25(36)32-10-8-16(9-11-32)29-24(35)23-15(13-28-31-23)12-19(33)21-17(26)6-5-7-18(21)27;1-13(2)21(27)23(35)28-12-19(34)32-8-6-15(7-9-32)30-24(36)22-14(11-29-31-22)10-18(33)20-16(25)4-3-5-17(20)26;1-13(2)10-19(30)28-8-6-15(7-9-28)26-22(31)21-14(12-25-27-21)11-18(29)20-16(23)4-3-5-17(20)24;;/h14-16,23,25H,5-13,17-22H2,1-4H3,(H,37,43);5-7,13-14,16,22H,4,8-12H2,1-3H3,(H,28,31)(H,29,35)(H,30,34);3-5,11,13,15,21H,6-10,12,27H2,1-2H3,(H,28,35)(H,29,31)(H,30,36);3-5,12-13,15H,6-11H2,1-2H3,(H,25,27)(H,26,31);2*1H/t;22-;21-;;;/m.00.../s1. The Morgan fingerprint density at radius 2 is 0.753 bits per heavy atom. The molecule has 45 heteroatoms. The third kappa shape index (κ3) is 38.3. The predicted molar refractivity (Wildman–Crippen MR) is 585 cm³/mol. The van der Waals surface area contributed by atoms with Gasteiger partial charge in [0.15, 0.2) is 28.8 Å². The molecule has 2 atom stereocenters. The summed E-state index contributed by atoms with van der Waals surface area (Å²) in [6, 6.07) is 17.5. The molecule has 4 aromatic heterocycles. The van der Waals surface area contributed by atoms with Crippen LogP contribution in [0.2, 0.25) is 40.2 Å². The van der Waals surface area contributed by atoms with Gasteiger partial charge in [-0.15, -0.1) is 24.8 Å². The molecular formula is C105H137Cl10N19O16. The number of unbranched alkanes of at least 4 members (excludes halogenated alkanes) is 8. The van der Waals surface area contributed by atoms with Crippen molar-refractivity contribution in [1.82, 2.24) is 91.9 Å². The zero-order valence-electron chi connectivity index (χ0n) is 86.2. The molecule has 0 bridgehead atoms. The fraction of sp³-hybridized carbons (Fsp3) is 0.514. The third-order valence-corrected chi connectivity index (χ3v) is 28.1. The Balaban J connectivity index is 0.000000271. The summed E-state index contributed by atoms with van der Waals surface area (Å²) in [6.45, 7) is 24.7. The van der Waals surface area contributed by atoms with Crippen molar-refractivity contribution < 1.29 is 76.7 Å². The number of ether oxygens (including phenoxy) is 1. The van der Waals surface area contributed by atoms with E-state index in [1.807, 2.05) is 67.2 Å². The number of aromatic amines is 3. The van der Waals surface area contributed by atoms with Gasteiger partial charge in [0.25, 0.3) is 23.6 Å². The lowest BCUT2D eigenvalue weighted by atomic mass is 9.99. The Kier molecular flexibility index (Phi) is 52.2. The molecule has 10 amide bonds. The number of hydrogen-bond acceptors (Lipinski definition) is 21. The van der Waals surface area contributed by atoms with Crippen LogP contribution in [0.3, 0.4) is 0 Å². The van der Waals surface area contributed by atoms with Crippen molar-refractivity contribution in [3.05, 3.63) is 205 Å². The minimum Gasteiger partial charge on any atom is -0.444 e. The van der Waals surface area contributed by atoms with Crippen LogP contribution in [0.25, 0.3) is 0 Å². The van der Waals surface area contributed by atoms with E-state index >= 15 is 0 Å². The SMILES string of the molecule is CC(C)CC(=O)N1CCC(NC(=O)c2[nH]ncc2CC(=O)c2c(Cl)cccc2Cl)CC1.CC(C)[C@H](N)C(=O)NCC(=O)N1CCC(NC(=O)c2[nH]ncc2CC(=O)c2c(Cl)cccc2Cl)CC1.CCC(=O)N[C@H](C(=O)N1CCC(NC(=O)c2[nH]ncc2CC(=O)c2c(Cl)cccc2Cl)CC1)C(C)C.CCCCCCCCCCCC(=O)n1cc(CC(=O)c2c(Cl)cccc2Cl)c(C(=O)NC2CCN(C(=O)OC(C)(C)C)CC2)n1.Cl.Cl. The molecule has 4 aromatic carbocycles. The van der Waals surface area contributed by atoms with E-state index in [0.717, 1.165) is 25.7 Å². The molecule has 4 aliphatic heterocycles. The Bertz CT molecular complexity index is 5870. The number of amides is 10. The number of Topliss-reactive ketones (excluding diaryl/α,β-unsaturated/α-hetero) is 4. The van der Waals surface area contributed by atoms with Crippen LogP contribution in [0.4, 0.5) is 4.79 Å². The molecule has 150 heavy (non-hydrogen) atoms. The maximum Gasteiger partial charge on any atom is 0.410 e. The monoisotopic (exact) mass is 2270 g/mol. The Labute approximate surface area is 927 Å². The number of nitrogens with two attached hydrogens (primary N) is 1. The molecule has 8 aromatic rings. The minimum absolute atomic E-state index is 0. The second kappa shape index (κ2) is 62.0. The Morgan fingerprint density at radius 1 is 0.427 bits per heavy atom. The summed E-state index contributed by atoms with van der Waals surface area (Å²) in [5, 5.41) is 43.4. The van der Waals surface area contributed by atoms with Gasteiger partial charge in [-0.25, -0.2) is 9.48 Å². The van der Waals surface area contributed by atoms with Gasteiger partial charge in [0.1, 0.15) is 28.7 Å². The first kappa shape index (κ1) is 126. The summed E-state index contributed by atoms with van der Waals surface area (Å²) in [6.07, 6.45) is 21.0. The van der Waals surface area contributed by atoms with E-state index in [4.69, 9.17) is 103 Å². The van der Waals surface area contributed by atoms with Gasteiger partial charge in [-0.1, -0.05) is 224 Å². The molecule has 12 rings (SSSR count). The van der Waals surface area contributed by atoms with E-state index in [0.29, 0.717) is 151 Å². The van der Waals surface area contributed by atoms with Gasteiger partial charge in [-0.3, -0.25) is 82.4 Å². The van der Waals surface area contributed by atoms with Gasteiger partial charge >= 0.3 is 6.09 Å². The number of carbonyl (C=O) groups excluding carboxylic acids is 15. The van der Waals surface area contributed by atoms with E-state index in [1.54, 1.807) is 94.4 Å². The zero-order chi connectivity index (χ0) is 108. The fourth-order valence-electron chi connectivity index (χ4n) is 17.1. The maximum absolute atomic E-state index is 13.5. The summed E-state index contributed by atoms with van der Waals surface area (Å²) in [5.41, 5.74) is 8.32. The number of ketones is 4. The number of H-pyrrole nitrogens is 3. The minimum atomic E-state index is -0.664. The number of nitrogens with zero attached hydrogens (tertiary/aromatic N) is 9. The molecule has 8 heterocycles. The summed E-state index contributed by atoms with van der Waals surface area (Å²) in [4.78, 5) is 197. The average Bonchev–Trinajstić information content (AvgIpc) is 1.63. The first-order valence-electron chi connectivity index (χ1n) is 50.3. The van der Waals surface area contributed by atoms with Crippen LogP contribution in [-0.2, 0) is 54.4 Å². The number of aromatic nitrogens is 8. The van der Waals surface area contributed by atoms with Crippen LogP contribution in [0.1, 0.15) is 315 Å². The number of hydrogen-bond donors (Lipinski definition) is 10. The van der Waals surface area contributed by atoms with Gasteiger partial charge in [0.05, 0.1) is 93.6 Å². The molecule has 0 spiro atoms. The van der Waals surface area contributed by atoms with Crippen LogP contribution >= 0.6 is 118 Å². The first-order chi connectivity index (χ1) is 70.3. The highest BCUT2D eigenvalue weighted by molar-refractivity contribution is 6.42. The van der Waals surface area contributed by atoms with Crippen molar-refractivity contribution in [3.8, 4) is 0 Å². The smallest absolute Gasteiger partial charge is 0.410 e. The molecule has 0 saturated carbocycles. The first-order valence-corrected chi connectivity index (χ1v) is 53.3. The topological polar surface area (TPSA) is 480 Å². The van der Waals surface area contributed by atoms with Gasteiger partial charge in [-0.2, -0.15) is 20.4 Å². The lowest BCUT2D eigenvalue weighted by molar-refractivity contribution is -0.138. The molecule has 4 aliphatic rings. The molecular weight excluding hydrogens is 2140 g/mol. The predicted octanol–water partition coefficient (Wildman–Crippen LogP) is 18.4. The number of nitrogens with one attached hydrogen (secondary N) is 9. The largest absolute Gasteiger partial charge is 0.444 e. The van der Waals surface area contributed by atoms with E-state index in [-0.39, 0.29) is 261 Å². The molecule has 4 fully saturated rings. The van der Waals surface area contributed by atoms with Gasteiger partial charge < -0.3 is 62.0 Å². The molecule has 4 saturated heterocycles. The van der Waals surface area contributed by atoms with E-state index < -0.39 is 23.6 Å². The van der Waals surface area contributed by atoms with Gasteiger partial charge in [0.2, 0.25) is 35.4 Å². The average molecular weight is 2280 g/mol. The normalized spacial score (nSPS) is 14.4. The van der Waals surface area contributed by atoms with Crippen LogP contribution in [0.5, 0.6) is 0 Å². The number of rotatable bonds is 40. The van der Waals surface area contributed by atoms with Crippen molar-refractivity contribution in [2.24, 2.45) is 23.5 Å². The number of likely N-dealkylation sites (tertiary alicyclic amines) is 4. The Hall–Kier alpha value is -10.6. The van der Waals surface area contributed by atoms with Crippen LogP contribution in [-0.4, -0.2) is 249 Å². The van der Waals surface area contributed by atoms with Crippen molar-refractivity contribution in [3.63, 3.8) is 0 Å². The van der Waals surface area contributed by atoms with Crippen molar-refractivity contribution in [2.75, 3.05) is 58.9 Å². The quantitative estimate of drug-likeness (QED) is 0.0126. The van der Waals surface area contributed by atoms with Crippen LogP contribution in [0, 0.1) is 17.8 Å². The van der Waals surface area contributed by atoms with E-state index in [1.165, 1.54) is 61.6 Å². The molecule has 0 unspecified atom stereocenters. The van der Waals surface area contributed by atoms with Gasteiger partial charge in [-0.05, 0) is 145 Å². The molecule has 818 valence electrons. The third-order valence-electron chi connectivity index (χ3n) is 25.5. The maximum atomic E-state index is 13.5. The number of piperidine rings is 4. The molecule has 0 aliphatic carbocycles. The van der Waals surface area contributed by atoms with E-state index in [2.05, 4.69) is 74.5 Å². The van der Waals surface area contributed by atoms with Crippen molar-refractivity contribution in [2.45, 2.75) is 272 Å². The highest BCUT2D eigenvalue weighted by Crippen LogP contribution is 2.33. The summed E-state index contributed by atoms with van der Waals surface area (Å²) in [7, 11) is 0. The summed E-state index contributed by atoms with van der Waals surface area (Å²) < 4.78 is 6.65. The number of halogens is 10.